The van der Waals surface area contributed by atoms with Crippen molar-refractivity contribution in [2.45, 2.75) is 97.0 Å². The first-order chi connectivity index (χ1) is 12.9. The summed E-state index contributed by atoms with van der Waals surface area (Å²) in [5.74, 6) is 0.451. The molecule has 3 nitrogen and oxygen atoms in total. The second kappa shape index (κ2) is 10.6. The Morgan fingerprint density at radius 1 is 1.25 bits per heavy atom. The van der Waals surface area contributed by atoms with Crippen LogP contribution < -0.4 is 0 Å². The lowest BCUT2D eigenvalue weighted by molar-refractivity contribution is -0.132. The van der Waals surface area contributed by atoms with Crippen LogP contribution in [0.25, 0.3) is 0 Å². The Morgan fingerprint density at radius 3 is 2.46 bits per heavy atom. The third kappa shape index (κ3) is 7.04. The molecule has 1 amide bonds. The smallest absolute Gasteiger partial charge is 0.222 e. The molecule has 0 spiro atoms. The van der Waals surface area contributed by atoms with Gasteiger partial charge in [-0.3, -0.25) is 4.79 Å². The van der Waals surface area contributed by atoms with Gasteiger partial charge >= 0.3 is 0 Å². The minimum Gasteiger partial charge on any atom is -0.411 e. The van der Waals surface area contributed by atoms with Crippen molar-refractivity contribution in [2.75, 3.05) is 7.05 Å². The first kappa shape index (κ1) is 24.9. The molecule has 1 aliphatic heterocycles. The molecule has 1 heterocycles. The summed E-state index contributed by atoms with van der Waals surface area (Å²) in [7, 11) is 0.117. The first-order valence-corrected chi connectivity index (χ1v) is 13.7. The molecule has 160 valence electrons. The fraction of sp³-hybridized carbons (Fsp3) is 0.708. The van der Waals surface area contributed by atoms with E-state index in [9.17, 15) is 4.79 Å². The molecule has 0 aromatic rings. The van der Waals surface area contributed by atoms with Crippen molar-refractivity contribution in [3.63, 3.8) is 0 Å². The average Bonchev–Trinajstić information content (AvgIpc) is 2.57. The highest BCUT2D eigenvalue weighted by molar-refractivity contribution is 6.74. The normalized spacial score (nSPS) is 26.6. The van der Waals surface area contributed by atoms with Crippen LogP contribution in [0.4, 0.5) is 0 Å². The van der Waals surface area contributed by atoms with Crippen LogP contribution >= 0.6 is 0 Å². The van der Waals surface area contributed by atoms with Gasteiger partial charge in [-0.15, -0.1) is 0 Å². The van der Waals surface area contributed by atoms with Gasteiger partial charge in [0.2, 0.25) is 5.91 Å². The van der Waals surface area contributed by atoms with E-state index in [0.717, 1.165) is 25.7 Å². The maximum absolute atomic E-state index is 12.7. The van der Waals surface area contributed by atoms with Gasteiger partial charge < -0.3 is 9.33 Å². The molecular formula is C24H43NO2Si. The van der Waals surface area contributed by atoms with Crippen LogP contribution in [0.5, 0.6) is 0 Å². The lowest BCUT2D eigenvalue weighted by Crippen LogP contribution is -2.44. The Hall–Kier alpha value is -1.13. The van der Waals surface area contributed by atoms with Crippen LogP contribution in [0.15, 0.2) is 36.5 Å². The van der Waals surface area contributed by atoms with Crippen LogP contribution in [0.3, 0.4) is 0 Å². The van der Waals surface area contributed by atoms with E-state index in [1.165, 1.54) is 5.57 Å². The monoisotopic (exact) mass is 405 g/mol. The van der Waals surface area contributed by atoms with Crippen molar-refractivity contribution in [1.29, 1.82) is 0 Å². The molecule has 0 radical (unpaired) electrons. The molecule has 0 fully saturated rings. The molecule has 0 aliphatic carbocycles. The van der Waals surface area contributed by atoms with Crippen molar-refractivity contribution in [2.24, 2.45) is 5.92 Å². The van der Waals surface area contributed by atoms with Crippen LogP contribution in [-0.4, -0.2) is 38.3 Å². The Balaban J connectivity index is 3.16. The molecule has 0 aromatic carbocycles. The number of likely N-dealkylation sites (N-methyl/N-ethyl adjacent to an activating group) is 1. The Bertz CT molecular complexity index is 586. The summed E-state index contributed by atoms with van der Waals surface area (Å²) in [6, 6.07) is 0.0506. The van der Waals surface area contributed by atoms with Crippen molar-refractivity contribution in [1.82, 2.24) is 4.90 Å². The number of rotatable bonds is 4. The average molecular weight is 406 g/mol. The maximum Gasteiger partial charge on any atom is 0.222 e. The summed E-state index contributed by atoms with van der Waals surface area (Å²) in [5, 5.41) is 0.203. The Kier molecular flexibility index (Phi) is 9.42. The molecule has 0 saturated heterocycles. The summed E-state index contributed by atoms with van der Waals surface area (Å²) < 4.78 is 6.73. The van der Waals surface area contributed by atoms with E-state index in [1.54, 1.807) is 0 Å². The predicted octanol–water partition coefficient (Wildman–Crippen LogP) is 6.49. The third-order valence-corrected chi connectivity index (χ3v) is 10.9. The number of allylic oxidation sites excluding steroid dienone is 2. The quantitative estimate of drug-likeness (QED) is 0.304. The molecule has 28 heavy (non-hydrogen) atoms. The van der Waals surface area contributed by atoms with Gasteiger partial charge in [0.15, 0.2) is 8.32 Å². The maximum atomic E-state index is 12.7. The first-order valence-electron chi connectivity index (χ1n) is 10.8. The predicted molar refractivity (Wildman–Crippen MR) is 124 cm³/mol. The van der Waals surface area contributed by atoms with Crippen molar-refractivity contribution >= 4 is 14.2 Å². The molecule has 0 N–H and O–H groups in total. The molecule has 0 bridgehead atoms. The molecule has 1 rings (SSSR count). The van der Waals surface area contributed by atoms with Crippen LogP contribution in [0.2, 0.25) is 18.1 Å². The third-order valence-electron chi connectivity index (χ3n) is 6.42. The van der Waals surface area contributed by atoms with Crippen molar-refractivity contribution < 1.29 is 9.22 Å². The van der Waals surface area contributed by atoms with E-state index in [-0.39, 0.29) is 29.0 Å². The number of hydrogen-bond acceptors (Lipinski definition) is 2. The summed E-state index contributed by atoms with van der Waals surface area (Å²) in [4.78, 5) is 14.6. The number of nitrogens with zero attached hydrogens (tertiary/aromatic N) is 1. The molecular weight excluding hydrogens is 362 g/mol. The SMILES string of the molecule is C=CC=C(C)C1[C@@H](C)C=CC(O[Si](C)(C)C(C)(C)C)CCCCCC(=O)N1C. The number of carbonyl (C=O) groups excluding carboxylic acids is 1. The van der Waals surface area contributed by atoms with Crippen LogP contribution in [-0.2, 0) is 9.22 Å². The molecule has 0 aromatic heterocycles. The van der Waals surface area contributed by atoms with E-state index >= 15 is 0 Å². The fourth-order valence-electron chi connectivity index (χ4n) is 3.64. The minimum atomic E-state index is -1.82. The van der Waals surface area contributed by atoms with Gasteiger partial charge in [0.1, 0.15) is 0 Å². The largest absolute Gasteiger partial charge is 0.411 e. The second-order valence-corrected chi connectivity index (χ2v) is 14.6. The zero-order valence-electron chi connectivity index (χ0n) is 19.5. The molecule has 4 heteroatoms. The highest BCUT2D eigenvalue weighted by atomic mass is 28.4. The van der Waals surface area contributed by atoms with Gasteiger partial charge in [0, 0.05) is 13.5 Å². The molecule has 0 saturated carbocycles. The number of carbonyl (C=O) groups is 1. The topological polar surface area (TPSA) is 29.5 Å². The van der Waals surface area contributed by atoms with E-state index in [0.29, 0.717) is 6.42 Å². The minimum absolute atomic E-state index is 0.0506. The molecule has 3 atom stereocenters. The summed E-state index contributed by atoms with van der Waals surface area (Å²) >= 11 is 0. The Morgan fingerprint density at radius 2 is 1.89 bits per heavy atom. The zero-order chi connectivity index (χ0) is 21.5. The van der Waals surface area contributed by atoms with Gasteiger partial charge in [0.25, 0.3) is 0 Å². The lowest BCUT2D eigenvalue weighted by Gasteiger charge is -2.39. The fourth-order valence-corrected chi connectivity index (χ4v) is 4.95. The van der Waals surface area contributed by atoms with Gasteiger partial charge in [-0.05, 0) is 43.8 Å². The number of hydrogen-bond donors (Lipinski definition) is 0. The number of amides is 1. The van der Waals surface area contributed by atoms with Gasteiger partial charge in [-0.1, -0.05) is 77.0 Å². The van der Waals surface area contributed by atoms with E-state index < -0.39 is 8.32 Å². The van der Waals surface area contributed by atoms with Crippen molar-refractivity contribution in [3.8, 4) is 0 Å². The van der Waals surface area contributed by atoms with Crippen LogP contribution in [0, 0.1) is 5.92 Å². The summed E-state index contributed by atoms with van der Waals surface area (Å²) in [5.41, 5.74) is 1.17. The highest BCUT2D eigenvalue weighted by Gasteiger charge is 2.38. The Labute approximate surface area is 175 Å². The van der Waals surface area contributed by atoms with Crippen LogP contribution in [0.1, 0.15) is 66.7 Å². The molecule has 1 aliphatic rings. The van der Waals surface area contributed by atoms with E-state index in [4.69, 9.17) is 4.43 Å². The standard InChI is InChI=1S/C24H43NO2Si/c1-10-14-19(2)23-20(3)17-18-21(27-28(8,9)24(4,5)6)15-12-11-13-16-22(26)25(23)7/h10,14,17-18,20-21,23H,1,11-13,15-16H2,2-9H3/t20-,21?,23?/m0/s1. The van der Waals surface area contributed by atoms with Crippen molar-refractivity contribution in [3.05, 3.63) is 36.5 Å². The van der Waals surface area contributed by atoms with Gasteiger partial charge in [-0.2, -0.15) is 0 Å². The lowest BCUT2D eigenvalue weighted by atomic mass is 9.91. The summed E-state index contributed by atoms with van der Waals surface area (Å²) in [6.07, 6.45) is 13.3. The van der Waals surface area contributed by atoms with Gasteiger partial charge in [-0.25, -0.2) is 0 Å². The zero-order valence-corrected chi connectivity index (χ0v) is 20.5. The summed E-state index contributed by atoms with van der Waals surface area (Å²) in [6.45, 7) is 19.6. The van der Waals surface area contributed by atoms with E-state index in [2.05, 4.69) is 66.4 Å². The highest BCUT2D eigenvalue weighted by Crippen LogP contribution is 2.38. The van der Waals surface area contributed by atoms with E-state index in [1.807, 2.05) is 24.1 Å². The molecule has 2 unspecified atom stereocenters. The second-order valence-electron chi connectivity index (χ2n) is 9.86. The van der Waals surface area contributed by atoms with Gasteiger partial charge in [0.05, 0.1) is 12.1 Å².